The van der Waals surface area contributed by atoms with Crippen LogP contribution in [0.4, 0.5) is 0 Å². The lowest BCUT2D eigenvalue weighted by atomic mass is 9.91. The first-order valence-corrected chi connectivity index (χ1v) is 5.22. The molecule has 2 aliphatic heterocycles. The Hall–Kier alpha value is -2.04. The number of methoxy groups -OCH3 is 1. The molecule has 0 amide bonds. The van der Waals surface area contributed by atoms with Crippen molar-refractivity contribution in [3.05, 3.63) is 29.3 Å². The second kappa shape index (κ2) is 3.23. The zero-order valence-electron chi connectivity index (χ0n) is 9.19. The van der Waals surface area contributed by atoms with Crippen LogP contribution in [0.2, 0.25) is 0 Å². The van der Waals surface area contributed by atoms with E-state index in [0.717, 1.165) is 0 Å². The van der Waals surface area contributed by atoms with Crippen molar-refractivity contribution in [2.45, 2.75) is 12.0 Å². The lowest BCUT2D eigenvalue weighted by Crippen LogP contribution is -2.26. The molecular formula is C12H10O5. The van der Waals surface area contributed by atoms with Gasteiger partial charge < -0.3 is 14.2 Å². The summed E-state index contributed by atoms with van der Waals surface area (Å²) < 4.78 is 15.3. The van der Waals surface area contributed by atoms with Crippen LogP contribution in [-0.4, -0.2) is 25.7 Å². The molecule has 5 nitrogen and oxygen atoms in total. The Bertz CT molecular complexity index is 522. The van der Waals surface area contributed by atoms with Crippen molar-refractivity contribution in [1.82, 2.24) is 0 Å². The first kappa shape index (κ1) is 10.1. The second-order valence-corrected chi connectivity index (χ2v) is 4.13. The number of hydrogen-bond donors (Lipinski definition) is 0. The number of rotatable bonds is 1. The average Bonchev–Trinajstić information content (AvgIpc) is 2.82. The van der Waals surface area contributed by atoms with Gasteiger partial charge in [0.1, 0.15) is 12.4 Å². The molecule has 1 unspecified atom stereocenters. The molecule has 1 aromatic carbocycles. The number of esters is 2. The first-order valence-electron chi connectivity index (χ1n) is 5.22. The molecule has 5 heteroatoms. The van der Waals surface area contributed by atoms with Crippen molar-refractivity contribution in [1.29, 1.82) is 0 Å². The summed E-state index contributed by atoms with van der Waals surface area (Å²) in [7, 11) is 1.53. The van der Waals surface area contributed by atoms with Gasteiger partial charge in [-0.1, -0.05) is 6.07 Å². The van der Waals surface area contributed by atoms with Crippen molar-refractivity contribution < 1.29 is 23.8 Å². The Morgan fingerprint density at radius 2 is 2.18 bits per heavy atom. The minimum absolute atomic E-state index is 0.0814. The summed E-state index contributed by atoms with van der Waals surface area (Å²) in [5.41, 5.74) is 0.229. The zero-order valence-corrected chi connectivity index (χ0v) is 9.19. The van der Waals surface area contributed by atoms with Crippen molar-refractivity contribution in [2.24, 2.45) is 0 Å². The van der Waals surface area contributed by atoms with Gasteiger partial charge in [0.2, 0.25) is 0 Å². The Labute approximate surface area is 97.3 Å². The summed E-state index contributed by atoms with van der Waals surface area (Å²) in [4.78, 5) is 23.0. The fraction of sp³-hybridized carbons (Fsp3) is 0.333. The van der Waals surface area contributed by atoms with Gasteiger partial charge in [-0.25, -0.2) is 4.79 Å². The quantitative estimate of drug-likeness (QED) is 0.678. The maximum absolute atomic E-state index is 11.8. The molecule has 1 atom stereocenters. The SMILES string of the molecule is COc1ccc2c(c1)C(=O)OC21COC(=O)C1. The van der Waals surface area contributed by atoms with Crippen LogP contribution in [0.25, 0.3) is 0 Å². The third-order valence-electron chi connectivity index (χ3n) is 3.12. The van der Waals surface area contributed by atoms with Crippen molar-refractivity contribution in [2.75, 3.05) is 13.7 Å². The second-order valence-electron chi connectivity index (χ2n) is 4.13. The van der Waals surface area contributed by atoms with Gasteiger partial charge in [-0.2, -0.15) is 0 Å². The van der Waals surface area contributed by atoms with E-state index in [1.165, 1.54) is 7.11 Å². The van der Waals surface area contributed by atoms with Crippen LogP contribution < -0.4 is 4.74 Å². The molecule has 2 aliphatic rings. The van der Waals surface area contributed by atoms with Crippen LogP contribution in [0.3, 0.4) is 0 Å². The highest BCUT2D eigenvalue weighted by Gasteiger charge is 2.52. The summed E-state index contributed by atoms with van der Waals surface area (Å²) in [5.74, 6) is -0.193. The molecule has 0 saturated carbocycles. The maximum atomic E-state index is 11.8. The highest BCUT2D eigenvalue weighted by molar-refractivity contribution is 5.96. The standard InChI is InChI=1S/C12H10O5/c1-15-7-2-3-9-8(4-7)11(14)17-12(9)5-10(13)16-6-12/h2-4H,5-6H2,1H3. The van der Waals surface area contributed by atoms with E-state index in [9.17, 15) is 9.59 Å². The Morgan fingerprint density at radius 3 is 2.82 bits per heavy atom. The smallest absolute Gasteiger partial charge is 0.339 e. The largest absolute Gasteiger partial charge is 0.497 e. The van der Waals surface area contributed by atoms with E-state index in [1.54, 1.807) is 18.2 Å². The summed E-state index contributed by atoms with van der Waals surface area (Å²) >= 11 is 0. The van der Waals surface area contributed by atoms with Gasteiger partial charge in [0.25, 0.3) is 0 Å². The van der Waals surface area contributed by atoms with Crippen molar-refractivity contribution in [3.8, 4) is 5.75 Å². The van der Waals surface area contributed by atoms with Gasteiger partial charge in [-0.15, -0.1) is 0 Å². The van der Waals surface area contributed by atoms with Crippen molar-refractivity contribution in [3.63, 3.8) is 0 Å². The monoisotopic (exact) mass is 234 g/mol. The first-order chi connectivity index (χ1) is 8.14. The average molecular weight is 234 g/mol. The molecule has 1 aromatic rings. The molecule has 17 heavy (non-hydrogen) atoms. The molecule has 0 bridgehead atoms. The van der Waals surface area contributed by atoms with E-state index in [2.05, 4.69) is 0 Å². The number of ether oxygens (including phenoxy) is 3. The molecule has 0 aliphatic carbocycles. The maximum Gasteiger partial charge on any atom is 0.339 e. The van der Waals surface area contributed by atoms with Gasteiger partial charge in [-0.05, 0) is 12.1 Å². The summed E-state index contributed by atoms with van der Waals surface area (Å²) in [5, 5.41) is 0. The fourth-order valence-corrected chi connectivity index (χ4v) is 2.27. The minimum Gasteiger partial charge on any atom is -0.497 e. The highest BCUT2D eigenvalue weighted by atomic mass is 16.6. The molecule has 1 fully saturated rings. The molecule has 1 spiro atoms. The number of carbonyl (C=O) groups excluding carboxylic acids is 2. The van der Waals surface area contributed by atoms with Gasteiger partial charge in [0, 0.05) is 5.56 Å². The predicted molar refractivity (Wildman–Crippen MR) is 55.7 cm³/mol. The number of benzene rings is 1. The molecule has 0 N–H and O–H groups in total. The topological polar surface area (TPSA) is 61.8 Å². The minimum atomic E-state index is -0.921. The van der Waals surface area contributed by atoms with Crippen LogP contribution in [0.15, 0.2) is 18.2 Å². The van der Waals surface area contributed by atoms with Crippen LogP contribution in [0.1, 0.15) is 22.3 Å². The summed E-state index contributed by atoms with van der Waals surface area (Å²) in [6, 6.07) is 5.11. The van der Waals surface area contributed by atoms with Crippen LogP contribution in [0, 0.1) is 0 Å². The van der Waals surface area contributed by atoms with E-state index in [1.807, 2.05) is 0 Å². The number of carbonyl (C=O) groups is 2. The van der Waals surface area contributed by atoms with Crippen LogP contribution in [0.5, 0.6) is 5.75 Å². The van der Waals surface area contributed by atoms with Gasteiger partial charge in [-0.3, -0.25) is 4.79 Å². The molecular weight excluding hydrogens is 224 g/mol. The van der Waals surface area contributed by atoms with E-state index in [-0.39, 0.29) is 19.0 Å². The van der Waals surface area contributed by atoms with Gasteiger partial charge in [0.15, 0.2) is 5.60 Å². The van der Waals surface area contributed by atoms with E-state index in [4.69, 9.17) is 14.2 Å². The van der Waals surface area contributed by atoms with Crippen LogP contribution >= 0.6 is 0 Å². The normalized spacial score (nSPS) is 25.7. The van der Waals surface area contributed by atoms with Crippen LogP contribution in [-0.2, 0) is 19.9 Å². The molecule has 88 valence electrons. The third-order valence-corrected chi connectivity index (χ3v) is 3.12. The summed E-state index contributed by atoms with van der Waals surface area (Å²) in [6.07, 6.45) is 0.0814. The highest BCUT2D eigenvalue weighted by Crippen LogP contribution is 2.43. The van der Waals surface area contributed by atoms with Crippen molar-refractivity contribution >= 4 is 11.9 Å². The third kappa shape index (κ3) is 1.32. The zero-order chi connectivity index (χ0) is 12.0. The van der Waals surface area contributed by atoms with E-state index in [0.29, 0.717) is 16.9 Å². The lowest BCUT2D eigenvalue weighted by molar-refractivity contribution is -0.137. The van der Waals surface area contributed by atoms with E-state index >= 15 is 0 Å². The molecule has 0 radical (unpaired) electrons. The predicted octanol–water partition coefficient (Wildman–Crippen LogP) is 1.01. The number of cyclic esters (lactones) is 1. The fourth-order valence-electron chi connectivity index (χ4n) is 2.27. The molecule has 1 saturated heterocycles. The lowest BCUT2D eigenvalue weighted by Gasteiger charge is -2.18. The Balaban J connectivity index is 2.11. The Kier molecular flexibility index (Phi) is 1.92. The van der Waals surface area contributed by atoms with Gasteiger partial charge in [0.05, 0.1) is 19.1 Å². The Morgan fingerprint density at radius 1 is 1.35 bits per heavy atom. The van der Waals surface area contributed by atoms with Gasteiger partial charge >= 0.3 is 11.9 Å². The van der Waals surface area contributed by atoms with E-state index < -0.39 is 11.6 Å². The molecule has 0 aromatic heterocycles. The number of fused-ring (bicyclic) bond motifs is 2. The number of hydrogen-bond acceptors (Lipinski definition) is 5. The molecule has 2 heterocycles. The summed E-state index contributed by atoms with van der Waals surface area (Å²) in [6.45, 7) is 0.0941. The molecule has 3 rings (SSSR count).